The first-order valence-corrected chi connectivity index (χ1v) is 3.16. The molecule has 36 valence electrons. The van der Waals surface area contributed by atoms with Gasteiger partial charge < -0.3 is 0 Å². The van der Waals surface area contributed by atoms with Gasteiger partial charge in [0.2, 0.25) is 0 Å². The van der Waals surface area contributed by atoms with Gasteiger partial charge in [0.15, 0.2) is 0 Å². The first-order valence-electron chi connectivity index (χ1n) is 2.11. The maximum Gasteiger partial charge on any atom is 0.0745 e. The molecule has 1 nitrogen and oxygen atoms in total. The summed E-state index contributed by atoms with van der Waals surface area (Å²) in [6.07, 6.45) is 1.94. The third-order valence-corrected chi connectivity index (χ3v) is 1.75. The van der Waals surface area contributed by atoms with E-state index in [1.807, 2.05) is 11.5 Å². The molecule has 0 amide bonds. The topological polar surface area (TPSA) is 23.8 Å². The van der Waals surface area contributed by atoms with Crippen molar-refractivity contribution in [2.75, 3.05) is 5.75 Å². The second-order valence-electron chi connectivity index (χ2n) is 1.40. The number of nitriles is 1. The molecule has 7 heavy (non-hydrogen) atoms. The molecule has 0 N–H and O–H groups in total. The number of allylic oxidation sites excluding steroid dienone is 1. The number of hydrogen-bond acceptors (Lipinski definition) is 2. The second kappa shape index (κ2) is 2.04. The van der Waals surface area contributed by atoms with E-state index in [1.54, 1.807) is 11.8 Å². The summed E-state index contributed by atoms with van der Waals surface area (Å²) in [4.78, 5) is 0. The summed E-state index contributed by atoms with van der Waals surface area (Å²) in [5, 5.41) is 10.2. The van der Waals surface area contributed by atoms with Gasteiger partial charge in [-0.2, -0.15) is 5.26 Å². The molecule has 0 saturated heterocycles. The smallest absolute Gasteiger partial charge is 0.0745 e. The van der Waals surface area contributed by atoms with Crippen LogP contribution in [0.15, 0.2) is 11.5 Å². The Morgan fingerprint density at radius 1 is 1.86 bits per heavy atom. The highest BCUT2D eigenvalue weighted by Gasteiger charge is 2.05. The van der Waals surface area contributed by atoms with Gasteiger partial charge in [-0.15, -0.1) is 11.8 Å². The lowest BCUT2D eigenvalue weighted by molar-refractivity contribution is 0.991. The summed E-state index contributed by atoms with van der Waals surface area (Å²) in [7, 11) is 0. The maximum atomic E-state index is 8.25. The first-order chi connectivity index (χ1) is 3.43. The standard InChI is InChI=1S/C5H5NS/c6-3-5-1-2-7-4-5/h1-2,5H,4H2. The minimum Gasteiger partial charge on any atom is -0.198 e. The molecular weight excluding hydrogens is 106 g/mol. The minimum atomic E-state index is 0.185. The third-order valence-electron chi connectivity index (χ3n) is 0.849. The van der Waals surface area contributed by atoms with Gasteiger partial charge in [0, 0.05) is 5.75 Å². The van der Waals surface area contributed by atoms with Gasteiger partial charge in [-0.3, -0.25) is 0 Å². The van der Waals surface area contributed by atoms with E-state index in [0.717, 1.165) is 5.75 Å². The predicted molar refractivity (Wildman–Crippen MR) is 30.7 cm³/mol. The molecule has 1 atom stereocenters. The Hall–Kier alpha value is -0.420. The average molecular weight is 111 g/mol. The van der Waals surface area contributed by atoms with E-state index in [1.165, 1.54) is 0 Å². The van der Waals surface area contributed by atoms with Crippen molar-refractivity contribution in [3.63, 3.8) is 0 Å². The van der Waals surface area contributed by atoms with Crippen molar-refractivity contribution in [3.8, 4) is 6.07 Å². The summed E-state index contributed by atoms with van der Waals surface area (Å²) < 4.78 is 0. The van der Waals surface area contributed by atoms with E-state index in [-0.39, 0.29) is 5.92 Å². The predicted octanol–water partition coefficient (Wildman–Crippen LogP) is 1.39. The van der Waals surface area contributed by atoms with E-state index in [4.69, 9.17) is 5.26 Å². The molecule has 0 aromatic carbocycles. The maximum absolute atomic E-state index is 8.25. The lowest BCUT2D eigenvalue weighted by atomic mass is 10.2. The average Bonchev–Trinajstić information content (AvgIpc) is 2.14. The van der Waals surface area contributed by atoms with Crippen LogP contribution in [-0.4, -0.2) is 5.75 Å². The Balaban J connectivity index is 2.47. The largest absolute Gasteiger partial charge is 0.198 e. The molecule has 0 aliphatic carbocycles. The van der Waals surface area contributed by atoms with Gasteiger partial charge in [0.05, 0.1) is 12.0 Å². The molecule has 1 unspecified atom stereocenters. The van der Waals surface area contributed by atoms with Gasteiger partial charge in [-0.25, -0.2) is 0 Å². The van der Waals surface area contributed by atoms with Crippen molar-refractivity contribution in [2.45, 2.75) is 0 Å². The van der Waals surface area contributed by atoms with Crippen LogP contribution in [0.25, 0.3) is 0 Å². The molecule has 0 aromatic rings. The molecule has 0 saturated carbocycles. The number of nitrogens with zero attached hydrogens (tertiary/aromatic N) is 1. The van der Waals surface area contributed by atoms with Crippen LogP contribution in [0.4, 0.5) is 0 Å². The van der Waals surface area contributed by atoms with E-state index < -0.39 is 0 Å². The Kier molecular flexibility index (Phi) is 1.38. The first kappa shape index (κ1) is 4.73. The fourth-order valence-corrected chi connectivity index (χ4v) is 1.25. The molecule has 1 rings (SSSR count). The quantitative estimate of drug-likeness (QED) is 0.471. The Bertz CT molecular complexity index is 123. The van der Waals surface area contributed by atoms with Gasteiger partial charge in [0.1, 0.15) is 0 Å². The molecule has 1 heterocycles. The lowest BCUT2D eigenvalue weighted by Gasteiger charge is -1.85. The van der Waals surface area contributed by atoms with Crippen LogP contribution < -0.4 is 0 Å². The highest BCUT2D eigenvalue weighted by Crippen LogP contribution is 2.18. The molecular formula is C5H5NS. The van der Waals surface area contributed by atoms with Crippen LogP contribution in [0.3, 0.4) is 0 Å². The van der Waals surface area contributed by atoms with Crippen molar-refractivity contribution >= 4 is 11.8 Å². The van der Waals surface area contributed by atoms with Crippen LogP contribution in [0.1, 0.15) is 0 Å². The third kappa shape index (κ3) is 0.971. The molecule has 2 heteroatoms. The van der Waals surface area contributed by atoms with Crippen LogP contribution >= 0.6 is 11.8 Å². The van der Waals surface area contributed by atoms with Gasteiger partial charge in [-0.1, -0.05) is 6.08 Å². The zero-order valence-corrected chi connectivity index (χ0v) is 4.61. The SMILES string of the molecule is N#CC1C=CSC1. The number of rotatable bonds is 0. The number of thioether (sulfide) groups is 1. The lowest BCUT2D eigenvalue weighted by Crippen LogP contribution is -1.87. The van der Waals surface area contributed by atoms with E-state index >= 15 is 0 Å². The molecule has 0 bridgehead atoms. The van der Waals surface area contributed by atoms with Crippen molar-refractivity contribution in [1.82, 2.24) is 0 Å². The zero-order chi connectivity index (χ0) is 5.11. The monoisotopic (exact) mass is 111 g/mol. The number of hydrogen-bond donors (Lipinski definition) is 0. The van der Waals surface area contributed by atoms with E-state index in [9.17, 15) is 0 Å². The zero-order valence-electron chi connectivity index (χ0n) is 3.79. The fourth-order valence-electron chi connectivity index (χ4n) is 0.445. The van der Waals surface area contributed by atoms with Crippen molar-refractivity contribution < 1.29 is 0 Å². The Morgan fingerprint density at radius 3 is 3.00 bits per heavy atom. The molecule has 0 fully saturated rings. The van der Waals surface area contributed by atoms with Gasteiger partial charge >= 0.3 is 0 Å². The van der Waals surface area contributed by atoms with Crippen LogP contribution in [0, 0.1) is 17.2 Å². The molecule has 1 aliphatic heterocycles. The van der Waals surface area contributed by atoms with E-state index in [0.29, 0.717) is 0 Å². The summed E-state index contributed by atoms with van der Waals surface area (Å²) in [6, 6.07) is 2.16. The fraction of sp³-hybridized carbons (Fsp3) is 0.400. The summed E-state index contributed by atoms with van der Waals surface area (Å²) in [5.41, 5.74) is 0. The normalized spacial score (nSPS) is 27.6. The van der Waals surface area contributed by atoms with Gasteiger partial charge in [-0.05, 0) is 5.41 Å². The Morgan fingerprint density at radius 2 is 2.71 bits per heavy atom. The van der Waals surface area contributed by atoms with Crippen molar-refractivity contribution in [2.24, 2.45) is 5.92 Å². The summed E-state index contributed by atoms with van der Waals surface area (Å²) >= 11 is 1.70. The van der Waals surface area contributed by atoms with Gasteiger partial charge in [0.25, 0.3) is 0 Å². The molecule has 0 spiro atoms. The van der Waals surface area contributed by atoms with Crippen molar-refractivity contribution in [1.29, 1.82) is 5.26 Å². The summed E-state index contributed by atoms with van der Waals surface area (Å²) in [5.74, 6) is 1.14. The molecule has 0 radical (unpaired) electrons. The van der Waals surface area contributed by atoms with Crippen LogP contribution in [0.5, 0.6) is 0 Å². The molecule has 0 aromatic heterocycles. The van der Waals surface area contributed by atoms with E-state index in [2.05, 4.69) is 6.07 Å². The highest BCUT2D eigenvalue weighted by atomic mass is 32.2. The highest BCUT2D eigenvalue weighted by molar-refractivity contribution is 8.02. The minimum absolute atomic E-state index is 0.185. The Labute approximate surface area is 47.0 Å². The van der Waals surface area contributed by atoms with Crippen molar-refractivity contribution in [3.05, 3.63) is 11.5 Å². The molecule has 1 aliphatic rings. The second-order valence-corrected chi connectivity index (χ2v) is 2.34. The summed E-state index contributed by atoms with van der Waals surface area (Å²) in [6.45, 7) is 0. The van der Waals surface area contributed by atoms with Crippen LogP contribution in [-0.2, 0) is 0 Å². The van der Waals surface area contributed by atoms with Crippen LogP contribution in [0.2, 0.25) is 0 Å².